The van der Waals surface area contributed by atoms with Crippen molar-refractivity contribution >= 4 is 5.91 Å². The van der Waals surface area contributed by atoms with Crippen molar-refractivity contribution in [3.05, 3.63) is 48.6 Å². The molecule has 0 saturated carbocycles. The highest BCUT2D eigenvalue weighted by Gasteiger charge is 2.44. The maximum Gasteiger partial charge on any atom is 0.220 e. The van der Waals surface area contributed by atoms with Crippen LogP contribution in [0.15, 0.2) is 48.6 Å². The zero-order valence-corrected chi connectivity index (χ0v) is 46.9. The molecule has 0 aliphatic carbocycles. The fraction of sp³-hybridized carbons (Fsp3) is 0.857. The molecular formula is C63H117NO8. The first-order valence-corrected chi connectivity index (χ1v) is 30.9. The summed E-state index contributed by atoms with van der Waals surface area (Å²) in [5.74, 6) is -0.186. The van der Waals surface area contributed by atoms with Gasteiger partial charge in [-0.15, -0.1) is 0 Å². The van der Waals surface area contributed by atoms with Gasteiger partial charge >= 0.3 is 0 Å². The number of aliphatic hydroxyl groups is 5. The molecule has 72 heavy (non-hydrogen) atoms. The van der Waals surface area contributed by atoms with E-state index in [1.54, 1.807) is 6.08 Å². The molecule has 6 N–H and O–H groups in total. The minimum Gasteiger partial charge on any atom is -0.394 e. The Morgan fingerprint density at radius 1 is 0.472 bits per heavy atom. The number of ether oxygens (including phenoxy) is 2. The van der Waals surface area contributed by atoms with Crippen LogP contribution in [0.1, 0.15) is 290 Å². The summed E-state index contributed by atoms with van der Waals surface area (Å²) in [7, 11) is 0. The van der Waals surface area contributed by atoms with Gasteiger partial charge in [-0.05, 0) is 57.8 Å². The minimum absolute atomic E-state index is 0.186. The lowest BCUT2D eigenvalue weighted by molar-refractivity contribution is -0.302. The fourth-order valence-electron chi connectivity index (χ4n) is 9.72. The van der Waals surface area contributed by atoms with Gasteiger partial charge in [-0.1, -0.05) is 274 Å². The Balaban J connectivity index is 1.95. The molecule has 7 unspecified atom stereocenters. The van der Waals surface area contributed by atoms with Crippen molar-refractivity contribution in [2.75, 3.05) is 13.2 Å². The third-order valence-electron chi connectivity index (χ3n) is 14.6. The summed E-state index contributed by atoms with van der Waals surface area (Å²) in [4.78, 5) is 13.0. The molecule has 1 aliphatic rings. The normalized spacial score (nSPS) is 19.5. The lowest BCUT2D eigenvalue weighted by Crippen LogP contribution is -2.60. The molecule has 1 saturated heterocycles. The van der Waals surface area contributed by atoms with E-state index in [1.807, 2.05) is 6.08 Å². The number of carbonyl (C=O) groups excluding carboxylic acids is 1. The van der Waals surface area contributed by atoms with E-state index in [9.17, 15) is 30.3 Å². The number of aliphatic hydroxyl groups excluding tert-OH is 5. The zero-order valence-electron chi connectivity index (χ0n) is 46.9. The summed E-state index contributed by atoms with van der Waals surface area (Å²) >= 11 is 0. The SMILES string of the molecule is CCCC/C=C/CC/C=C/C(O)C(COC1OC(CO)C(O)C(O)C1O)NC(=O)CCCCCCCCCCCCCCCCCCCCCCCCCCCCCCC/C=C\C/C=C\CCCCCCC. The van der Waals surface area contributed by atoms with Crippen molar-refractivity contribution in [1.82, 2.24) is 5.32 Å². The van der Waals surface area contributed by atoms with Gasteiger partial charge < -0.3 is 40.3 Å². The van der Waals surface area contributed by atoms with Gasteiger partial charge in [0, 0.05) is 6.42 Å². The predicted octanol–water partition coefficient (Wildman–Crippen LogP) is 15.7. The zero-order chi connectivity index (χ0) is 52.2. The van der Waals surface area contributed by atoms with E-state index in [1.165, 1.54) is 218 Å². The van der Waals surface area contributed by atoms with Crippen molar-refractivity contribution in [3.63, 3.8) is 0 Å². The van der Waals surface area contributed by atoms with Crippen LogP contribution in [0.5, 0.6) is 0 Å². The van der Waals surface area contributed by atoms with E-state index >= 15 is 0 Å². The van der Waals surface area contributed by atoms with Crippen molar-refractivity contribution < 1.29 is 39.8 Å². The maximum absolute atomic E-state index is 13.0. The van der Waals surface area contributed by atoms with Crippen LogP contribution in [0, 0.1) is 0 Å². The number of amides is 1. The summed E-state index contributed by atoms with van der Waals surface area (Å²) in [5.41, 5.74) is 0. The molecule has 0 aromatic carbocycles. The van der Waals surface area contributed by atoms with E-state index in [0.29, 0.717) is 6.42 Å². The monoisotopic (exact) mass is 1020 g/mol. The molecule has 422 valence electrons. The quantitative estimate of drug-likeness (QED) is 0.0261. The fourth-order valence-corrected chi connectivity index (χ4v) is 9.72. The van der Waals surface area contributed by atoms with Crippen LogP contribution in [0.25, 0.3) is 0 Å². The molecule has 0 bridgehead atoms. The van der Waals surface area contributed by atoms with Crippen molar-refractivity contribution in [1.29, 1.82) is 0 Å². The first-order chi connectivity index (χ1) is 35.3. The molecule has 1 heterocycles. The van der Waals surface area contributed by atoms with Crippen LogP contribution in [0.3, 0.4) is 0 Å². The van der Waals surface area contributed by atoms with Gasteiger partial charge in [0.1, 0.15) is 24.4 Å². The largest absolute Gasteiger partial charge is 0.394 e. The topological polar surface area (TPSA) is 149 Å². The van der Waals surface area contributed by atoms with Gasteiger partial charge in [-0.25, -0.2) is 0 Å². The highest BCUT2D eigenvalue weighted by Crippen LogP contribution is 2.23. The van der Waals surface area contributed by atoms with Crippen molar-refractivity contribution in [2.45, 2.75) is 333 Å². The van der Waals surface area contributed by atoms with E-state index < -0.39 is 49.5 Å². The highest BCUT2D eigenvalue weighted by atomic mass is 16.7. The molecule has 7 atom stereocenters. The van der Waals surface area contributed by atoms with Crippen LogP contribution in [0.2, 0.25) is 0 Å². The van der Waals surface area contributed by atoms with E-state index in [2.05, 4.69) is 55.6 Å². The number of allylic oxidation sites excluding steroid dienone is 7. The van der Waals surface area contributed by atoms with E-state index in [-0.39, 0.29) is 12.5 Å². The maximum atomic E-state index is 13.0. The minimum atomic E-state index is -1.57. The predicted molar refractivity (Wildman–Crippen MR) is 304 cm³/mol. The molecule has 0 aromatic rings. The molecule has 1 fully saturated rings. The number of hydrogen-bond acceptors (Lipinski definition) is 8. The summed E-state index contributed by atoms with van der Waals surface area (Å²) in [5, 5.41) is 54.1. The number of rotatable bonds is 53. The summed E-state index contributed by atoms with van der Waals surface area (Å²) in [6.45, 7) is 3.68. The second-order valence-electron chi connectivity index (χ2n) is 21.5. The average molecular weight is 1020 g/mol. The lowest BCUT2D eigenvalue weighted by atomic mass is 9.99. The van der Waals surface area contributed by atoms with Gasteiger partial charge in [0.15, 0.2) is 6.29 Å². The van der Waals surface area contributed by atoms with Crippen LogP contribution in [-0.2, 0) is 14.3 Å². The Bertz CT molecular complexity index is 1270. The Labute approximate surface area is 444 Å². The number of nitrogens with one attached hydrogen (secondary N) is 1. The molecule has 1 aliphatic heterocycles. The van der Waals surface area contributed by atoms with Gasteiger partial charge in [-0.2, -0.15) is 0 Å². The lowest BCUT2D eigenvalue weighted by Gasteiger charge is -2.40. The van der Waals surface area contributed by atoms with E-state index in [4.69, 9.17) is 9.47 Å². The summed E-state index contributed by atoms with van der Waals surface area (Å²) in [6, 6.07) is -0.817. The molecule has 0 spiro atoms. The third-order valence-corrected chi connectivity index (χ3v) is 14.6. The second-order valence-corrected chi connectivity index (χ2v) is 21.5. The van der Waals surface area contributed by atoms with Crippen LogP contribution < -0.4 is 5.32 Å². The van der Waals surface area contributed by atoms with E-state index in [0.717, 1.165) is 51.4 Å². The Hall–Kier alpha value is -1.85. The first-order valence-electron chi connectivity index (χ1n) is 30.9. The number of unbranched alkanes of at least 4 members (excludes halogenated alkanes) is 37. The second kappa shape index (κ2) is 52.6. The van der Waals surface area contributed by atoms with Crippen LogP contribution in [0.4, 0.5) is 0 Å². The Kier molecular flexibility index (Phi) is 49.8. The molecule has 1 rings (SSSR count). The van der Waals surface area contributed by atoms with Gasteiger partial charge in [0.25, 0.3) is 0 Å². The van der Waals surface area contributed by atoms with Gasteiger partial charge in [-0.3, -0.25) is 4.79 Å². The number of hydrogen-bond donors (Lipinski definition) is 6. The van der Waals surface area contributed by atoms with Gasteiger partial charge in [0.05, 0.1) is 25.4 Å². The summed E-state index contributed by atoms with van der Waals surface area (Å²) in [6.07, 6.45) is 64.1. The molecule has 0 aromatic heterocycles. The Morgan fingerprint density at radius 2 is 0.847 bits per heavy atom. The van der Waals surface area contributed by atoms with Crippen LogP contribution in [-0.4, -0.2) is 87.5 Å². The molecular weight excluding hydrogens is 899 g/mol. The molecule has 1 amide bonds. The first kappa shape index (κ1) is 68.2. The van der Waals surface area contributed by atoms with Crippen molar-refractivity contribution in [3.8, 4) is 0 Å². The standard InChI is InChI=1S/C63H117NO8/c1-3-5-7-9-11-13-14-15-16-17-18-19-20-21-22-23-24-25-26-27-28-29-30-31-32-33-34-35-36-37-38-39-40-41-42-43-44-45-47-49-51-53-59(67)64-56(57(66)52-50-48-46-12-10-8-6-4-2)55-71-63-62(70)61(69)60(68)58(54-65)72-63/h10,12,14-15,17-18,50,52,56-58,60-63,65-66,68-70H,3-9,11,13,16,19-49,51,53-55H2,1-2H3,(H,64,67)/b12-10+,15-14-,18-17-,52-50+. The third kappa shape index (κ3) is 41.4. The molecule has 9 nitrogen and oxygen atoms in total. The highest BCUT2D eigenvalue weighted by molar-refractivity contribution is 5.76. The summed E-state index contributed by atoms with van der Waals surface area (Å²) < 4.78 is 11.2. The number of carbonyl (C=O) groups is 1. The molecule has 0 radical (unpaired) electrons. The average Bonchev–Trinajstić information content (AvgIpc) is 3.38. The van der Waals surface area contributed by atoms with Crippen molar-refractivity contribution in [2.24, 2.45) is 0 Å². The van der Waals surface area contributed by atoms with Gasteiger partial charge in [0.2, 0.25) is 5.91 Å². The molecule has 9 heteroatoms. The Morgan fingerprint density at radius 3 is 1.29 bits per heavy atom. The van der Waals surface area contributed by atoms with Crippen LogP contribution >= 0.6 is 0 Å². The smallest absolute Gasteiger partial charge is 0.220 e.